The van der Waals surface area contributed by atoms with Crippen LogP contribution in [0.15, 0.2) is 10.7 Å². The maximum atomic E-state index is 10.8. The molecule has 0 bridgehead atoms. The van der Waals surface area contributed by atoms with Crippen LogP contribution in [-0.4, -0.2) is 10.9 Å². The van der Waals surface area contributed by atoms with E-state index in [1.807, 2.05) is 13.8 Å². The Morgan fingerprint density at radius 2 is 2.17 bits per heavy atom. The van der Waals surface area contributed by atoms with E-state index in [1.165, 1.54) is 6.20 Å². The van der Waals surface area contributed by atoms with E-state index in [-0.39, 0.29) is 0 Å². The highest BCUT2D eigenvalue weighted by molar-refractivity contribution is 9.10. The molecule has 0 spiro atoms. The van der Waals surface area contributed by atoms with Gasteiger partial charge in [-0.1, -0.05) is 0 Å². The van der Waals surface area contributed by atoms with E-state index < -0.39 is 5.91 Å². The first-order valence-corrected chi connectivity index (χ1v) is 4.25. The molecule has 1 rings (SSSR count). The minimum atomic E-state index is -0.444. The van der Waals surface area contributed by atoms with Crippen LogP contribution in [0.1, 0.15) is 21.6 Å². The lowest BCUT2D eigenvalue weighted by molar-refractivity contribution is 0.0999. The van der Waals surface area contributed by atoms with Crippen molar-refractivity contribution < 1.29 is 4.79 Å². The Morgan fingerprint density at radius 1 is 1.58 bits per heavy atom. The molecule has 1 amide bonds. The van der Waals surface area contributed by atoms with E-state index in [0.29, 0.717) is 5.56 Å². The van der Waals surface area contributed by atoms with Crippen LogP contribution < -0.4 is 5.73 Å². The van der Waals surface area contributed by atoms with E-state index >= 15 is 0 Å². The number of carbonyl (C=O) groups is 1. The normalized spacial score (nSPS) is 9.92. The summed E-state index contributed by atoms with van der Waals surface area (Å²) in [5.41, 5.74) is 7.30. The molecule has 0 radical (unpaired) electrons. The topological polar surface area (TPSA) is 56.0 Å². The second-order valence-corrected chi connectivity index (χ2v) is 3.35. The third-order valence-electron chi connectivity index (χ3n) is 1.70. The monoisotopic (exact) mass is 228 g/mol. The Bertz CT molecular complexity index is 336. The summed E-state index contributed by atoms with van der Waals surface area (Å²) in [4.78, 5) is 14.9. The molecule has 0 saturated carbocycles. The Kier molecular flexibility index (Phi) is 2.47. The van der Waals surface area contributed by atoms with Gasteiger partial charge in [-0.25, -0.2) is 0 Å². The molecule has 0 saturated heterocycles. The summed E-state index contributed by atoms with van der Waals surface area (Å²) >= 11 is 3.33. The Labute approximate surface area is 79.1 Å². The van der Waals surface area contributed by atoms with Gasteiger partial charge in [-0.2, -0.15) is 0 Å². The van der Waals surface area contributed by atoms with Crippen LogP contribution in [0.5, 0.6) is 0 Å². The second kappa shape index (κ2) is 3.23. The van der Waals surface area contributed by atoms with Crippen molar-refractivity contribution in [2.75, 3.05) is 0 Å². The zero-order valence-corrected chi connectivity index (χ0v) is 8.47. The molecule has 64 valence electrons. The van der Waals surface area contributed by atoms with Gasteiger partial charge in [0.1, 0.15) is 0 Å². The number of primary amides is 1. The lowest BCUT2D eigenvalue weighted by Crippen LogP contribution is -2.13. The quantitative estimate of drug-likeness (QED) is 0.794. The Hall–Kier alpha value is -0.900. The second-order valence-electron chi connectivity index (χ2n) is 2.56. The van der Waals surface area contributed by atoms with Gasteiger partial charge in [-0.15, -0.1) is 0 Å². The number of halogens is 1. The number of nitrogens with two attached hydrogens (primary N) is 1. The van der Waals surface area contributed by atoms with Crippen molar-refractivity contribution in [1.82, 2.24) is 4.98 Å². The van der Waals surface area contributed by atoms with Crippen LogP contribution in [0.2, 0.25) is 0 Å². The zero-order chi connectivity index (χ0) is 9.30. The van der Waals surface area contributed by atoms with E-state index in [2.05, 4.69) is 20.9 Å². The van der Waals surface area contributed by atoms with Crippen LogP contribution >= 0.6 is 15.9 Å². The van der Waals surface area contributed by atoms with Crippen LogP contribution in [-0.2, 0) is 0 Å². The molecule has 0 unspecified atom stereocenters. The molecular weight excluding hydrogens is 220 g/mol. The van der Waals surface area contributed by atoms with E-state index in [9.17, 15) is 4.79 Å². The highest BCUT2D eigenvalue weighted by atomic mass is 79.9. The van der Waals surface area contributed by atoms with Crippen LogP contribution in [0.25, 0.3) is 0 Å². The van der Waals surface area contributed by atoms with Crippen molar-refractivity contribution in [3.63, 3.8) is 0 Å². The van der Waals surface area contributed by atoms with Gasteiger partial charge in [0.25, 0.3) is 5.91 Å². The first kappa shape index (κ1) is 9.19. The molecule has 0 fully saturated rings. The molecule has 1 aromatic rings. The summed E-state index contributed by atoms with van der Waals surface area (Å²) in [5.74, 6) is -0.444. The first-order valence-electron chi connectivity index (χ1n) is 3.45. The molecule has 4 heteroatoms. The van der Waals surface area contributed by atoms with Gasteiger partial charge in [0.05, 0.1) is 11.3 Å². The molecule has 1 heterocycles. The Morgan fingerprint density at radius 3 is 2.67 bits per heavy atom. The van der Waals surface area contributed by atoms with Gasteiger partial charge in [-0.05, 0) is 35.3 Å². The van der Waals surface area contributed by atoms with Crippen LogP contribution in [0.4, 0.5) is 0 Å². The minimum Gasteiger partial charge on any atom is -0.366 e. The number of carbonyl (C=O) groups excluding carboxylic acids is 1. The number of amides is 1. The summed E-state index contributed by atoms with van der Waals surface area (Å²) < 4.78 is 0.846. The molecule has 12 heavy (non-hydrogen) atoms. The number of hydrogen-bond donors (Lipinski definition) is 1. The van der Waals surface area contributed by atoms with Crippen molar-refractivity contribution in [3.8, 4) is 0 Å². The summed E-state index contributed by atoms with van der Waals surface area (Å²) in [6.45, 7) is 3.70. The largest absolute Gasteiger partial charge is 0.366 e. The molecule has 0 atom stereocenters. The predicted molar refractivity (Wildman–Crippen MR) is 49.9 cm³/mol. The average Bonchev–Trinajstić information content (AvgIpc) is 2.00. The fourth-order valence-corrected chi connectivity index (χ4v) is 1.27. The van der Waals surface area contributed by atoms with E-state index in [1.54, 1.807) is 0 Å². The predicted octanol–water partition coefficient (Wildman–Crippen LogP) is 1.56. The van der Waals surface area contributed by atoms with E-state index in [0.717, 1.165) is 15.7 Å². The highest BCUT2D eigenvalue weighted by Gasteiger charge is 2.09. The zero-order valence-electron chi connectivity index (χ0n) is 6.89. The van der Waals surface area contributed by atoms with Gasteiger partial charge in [0.2, 0.25) is 0 Å². The van der Waals surface area contributed by atoms with Gasteiger partial charge >= 0.3 is 0 Å². The number of hydrogen-bond acceptors (Lipinski definition) is 2. The third kappa shape index (κ3) is 1.48. The summed E-state index contributed by atoms with van der Waals surface area (Å²) in [7, 11) is 0. The summed E-state index contributed by atoms with van der Waals surface area (Å²) in [6.07, 6.45) is 1.50. The number of pyridine rings is 1. The lowest BCUT2D eigenvalue weighted by atomic mass is 10.1. The molecule has 2 N–H and O–H groups in total. The van der Waals surface area contributed by atoms with Crippen molar-refractivity contribution in [1.29, 1.82) is 0 Å². The van der Waals surface area contributed by atoms with Crippen LogP contribution in [0, 0.1) is 13.8 Å². The Balaban J connectivity index is 3.36. The minimum absolute atomic E-state index is 0.444. The molecule has 1 aromatic heterocycles. The highest BCUT2D eigenvalue weighted by Crippen LogP contribution is 2.21. The molecule has 0 aliphatic carbocycles. The molecule has 0 aliphatic rings. The van der Waals surface area contributed by atoms with Crippen molar-refractivity contribution in [2.45, 2.75) is 13.8 Å². The fourth-order valence-electron chi connectivity index (χ4n) is 0.953. The smallest absolute Gasteiger partial charge is 0.250 e. The molecule has 0 aliphatic heterocycles. The number of nitrogens with zero attached hydrogens (tertiary/aromatic N) is 1. The maximum absolute atomic E-state index is 10.8. The first-order chi connectivity index (χ1) is 5.54. The van der Waals surface area contributed by atoms with E-state index in [4.69, 9.17) is 5.73 Å². The maximum Gasteiger partial charge on any atom is 0.250 e. The standard InChI is InChI=1S/C8H9BrN2O/c1-4-6(8(10)12)3-11-5(2)7(4)9/h3H,1-2H3,(H2,10,12). The van der Waals surface area contributed by atoms with Crippen molar-refractivity contribution >= 4 is 21.8 Å². The summed E-state index contributed by atoms with van der Waals surface area (Å²) in [5, 5.41) is 0. The third-order valence-corrected chi connectivity index (χ3v) is 2.87. The van der Waals surface area contributed by atoms with Gasteiger partial charge < -0.3 is 5.73 Å². The van der Waals surface area contributed by atoms with Gasteiger partial charge in [0, 0.05) is 10.7 Å². The van der Waals surface area contributed by atoms with Gasteiger partial charge in [-0.3, -0.25) is 9.78 Å². The number of aromatic nitrogens is 1. The average molecular weight is 229 g/mol. The van der Waals surface area contributed by atoms with Crippen molar-refractivity contribution in [2.24, 2.45) is 5.73 Å². The van der Waals surface area contributed by atoms with Crippen LogP contribution in [0.3, 0.4) is 0 Å². The molecular formula is C8H9BrN2O. The fraction of sp³-hybridized carbons (Fsp3) is 0.250. The number of aryl methyl sites for hydroxylation is 1. The number of rotatable bonds is 1. The summed E-state index contributed by atoms with van der Waals surface area (Å²) in [6, 6.07) is 0. The van der Waals surface area contributed by atoms with Crippen molar-refractivity contribution in [3.05, 3.63) is 27.5 Å². The molecule has 0 aromatic carbocycles. The molecule has 3 nitrogen and oxygen atoms in total. The SMILES string of the molecule is Cc1ncc(C(N)=O)c(C)c1Br. The van der Waals surface area contributed by atoms with Gasteiger partial charge in [0.15, 0.2) is 0 Å². The lowest BCUT2D eigenvalue weighted by Gasteiger charge is -2.05.